The maximum absolute atomic E-state index is 12.1. The monoisotopic (exact) mass is 264 g/mol. The van der Waals surface area contributed by atoms with E-state index in [1.54, 1.807) is 19.1 Å². The molecule has 0 aliphatic rings. The molecule has 19 heavy (non-hydrogen) atoms. The number of hydrogen-bond acceptors (Lipinski definition) is 3. The largest absolute Gasteiger partial charge is 0.496 e. The third kappa shape index (κ3) is 3.26. The van der Waals surface area contributed by atoms with E-state index >= 15 is 0 Å². The Morgan fingerprint density at radius 3 is 2.42 bits per heavy atom. The Kier molecular flexibility index (Phi) is 4.95. The van der Waals surface area contributed by atoms with Gasteiger partial charge in [-0.05, 0) is 50.5 Å². The summed E-state index contributed by atoms with van der Waals surface area (Å²) in [4.78, 5) is 13.8. The lowest BCUT2D eigenvalue weighted by molar-refractivity contribution is -0.118. The molecule has 1 amide bonds. The van der Waals surface area contributed by atoms with Crippen LogP contribution >= 0.6 is 0 Å². The maximum atomic E-state index is 12.1. The second kappa shape index (κ2) is 6.06. The average Bonchev–Trinajstić information content (AvgIpc) is 2.32. The van der Waals surface area contributed by atoms with Gasteiger partial charge in [0.25, 0.3) is 0 Å². The van der Waals surface area contributed by atoms with E-state index in [2.05, 4.69) is 0 Å². The van der Waals surface area contributed by atoms with E-state index in [-0.39, 0.29) is 11.9 Å². The van der Waals surface area contributed by atoms with Gasteiger partial charge in [0, 0.05) is 25.2 Å². The van der Waals surface area contributed by atoms with Crippen LogP contribution in [0, 0.1) is 20.8 Å². The second-order valence-electron chi connectivity index (χ2n) is 5.13. The number of aryl methyl sites for hydroxylation is 1. The number of benzene rings is 1. The summed E-state index contributed by atoms with van der Waals surface area (Å²) >= 11 is 0. The standard InChI is InChI=1S/C15H24N2O2/c1-9-7-13(19-6)11(3)12(4)15(9)17(5)14(18)8-10(2)16/h7,10H,8,16H2,1-6H3. The van der Waals surface area contributed by atoms with Crippen molar-refractivity contribution in [2.24, 2.45) is 5.73 Å². The summed E-state index contributed by atoms with van der Waals surface area (Å²) in [5, 5.41) is 0. The first-order chi connectivity index (χ1) is 8.79. The van der Waals surface area contributed by atoms with Crippen molar-refractivity contribution in [2.45, 2.75) is 40.2 Å². The Labute approximate surface area is 115 Å². The van der Waals surface area contributed by atoms with Crippen molar-refractivity contribution in [3.8, 4) is 5.75 Å². The van der Waals surface area contributed by atoms with Crippen LogP contribution in [0.4, 0.5) is 5.69 Å². The molecule has 0 fully saturated rings. The summed E-state index contributed by atoms with van der Waals surface area (Å²) in [5.41, 5.74) is 9.80. The minimum absolute atomic E-state index is 0.0331. The Balaban J connectivity index is 3.20. The number of rotatable bonds is 4. The van der Waals surface area contributed by atoms with Crippen molar-refractivity contribution in [3.63, 3.8) is 0 Å². The fraction of sp³-hybridized carbons (Fsp3) is 0.533. The van der Waals surface area contributed by atoms with Gasteiger partial charge in [-0.2, -0.15) is 0 Å². The summed E-state index contributed by atoms with van der Waals surface area (Å²) in [6, 6.07) is 1.84. The number of hydrogen-bond donors (Lipinski definition) is 1. The number of carbonyl (C=O) groups is 1. The molecule has 0 aliphatic heterocycles. The normalized spacial score (nSPS) is 12.2. The van der Waals surface area contributed by atoms with Crippen molar-refractivity contribution < 1.29 is 9.53 Å². The lowest BCUT2D eigenvalue weighted by Gasteiger charge is -2.25. The molecule has 1 aromatic rings. The molecule has 4 heteroatoms. The lowest BCUT2D eigenvalue weighted by Crippen LogP contribution is -2.32. The Bertz CT molecular complexity index is 482. The van der Waals surface area contributed by atoms with E-state index in [9.17, 15) is 4.79 Å². The molecule has 106 valence electrons. The van der Waals surface area contributed by atoms with Gasteiger partial charge in [0.1, 0.15) is 5.75 Å². The van der Waals surface area contributed by atoms with E-state index in [0.717, 1.165) is 28.1 Å². The molecule has 4 nitrogen and oxygen atoms in total. The van der Waals surface area contributed by atoms with E-state index in [0.29, 0.717) is 6.42 Å². The van der Waals surface area contributed by atoms with Gasteiger partial charge >= 0.3 is 0 Å². The van der Waals surface area contributed by atoms with Crippen LogP contribution in [0.15, 0.2) is 6.07 Å². The van der Waals surface area contributed by atoms with Gasteiger partial charge in [-0.15, -0.1) is 0 Å². The SMILES string of the molecule is COc1cc(C)c(N(C)C(=O)CC(C)N)c(C)c1C. The van der Waals surface area contributed by atoms with Crippen LogP contribution in [-0.2, 0) is 4.79 Å². The molecule has 0 spiro atoms. The van der Waals surface area contributed by atoms with Crippen molar-refractivity contribution in [2.75, 3.05) is 19.1 Å². The highest BCUT2D eigenvalue weighted by Gasteiger charge is 2.19. The van der Waals surface area contributed by atoms with Crippen LogP contribution in [0.5, 0.6) is 5.75 Å². The maximum Gasteiger partial charge on any atom is 0.228 e. The zero-order valence-electron chi connectivity index (χ0n) is 12.7. The fourth-order valence-corrected chi connectivity index (χ4v) is 2.30. The van der Waals surface area contributed by atoms with Crippen LogP contribution in [0.3, 0.4) is 0 Å². The highest BCUT2D eigenvalue weighted by molar-refractivity contribution is 5.95. The third-order valence-corrected chi connectivity index (χ3v) is 3.43. The third-order valence-electron chi connectivity index (χ3n) is 3.43. The molecule has 0 heterocycles. The van der Waals surface area contributed by atoms with Gasteiger partial charge in [0.15, 0.2) is 0 Å². The number of carbonyl (C=O) groups excluding carboxylic acids is 1. The van der Waals surface area contributed by atoms with E-state index < -0.39 is 0 Å². The van der Waals surface area contributed by atoms with E-state index in [4.69, 9.17) is 10.5 Å². The van der Waals surface area contributed by atoms with Gasteiger partial charge in [0.05, 0.1) is 7.11 Å². The minimum Gasteiger partial charge on any atom is -0.496 e. The molecule has 0 aromatic heterocycles. The zero-order chi connectivity index (χ0) is 14.7. The molecule has 2 N–H and O–H groups in total. The second-order valence-corrected chi connectivity index (χ2v) is 5.13. The number of nitrogens with zero attached hydrogens (tertiary/aromatic N) is 1. The van der Waals surface area contributed by atoms with E-state index in [1.165, 1.54) is 0 Å². The molecule has 1 unspecified atom stereocenters. The molecular weight excluding hydrogens is 240 g/mol. The molecular formula is C15H24N2O2. The Morgan fingerprint density at radius 1 is 1.37 bits per heavy atom. The Hall–Kier alpha value is -1.55. The average molecular weight is 264 g/mol. The number of methoxy groups -OCH3 is 1. The van der Waals surface area contributed by atoms with E-state index in [1.807, 2.05) is 33.8 Å². The minimum atomic E-state index is -0.130. The quantitative estimate of drug-likeness (QED) is 0.908. The summed E-state index contributed by atoms with van der Waals surface area (Å²) in [7, 11) is 3.46. The molecule has 0 saturated heterocycles. The summed E-state index contributed by atoms with van der Waals surface area (Å²) in [5.74, 6) is 0.887. The van der Waals surface area contributed by atoms with Gasteiger partial charge in [-0.3, -0.25) is 4.79 Å². The number of amides is 1. The molecule has 1 aromatic carbocycles. The highest BCUT2D eigenvalue weighted by atomic mass is 16.5. The smallest absolute Gasteiger partial charge is 0.228 e. The highest BCUT2D eigenvalue weighted by Crippen LogP contribution is 2.33. The van der Waals surface area contributed by atoms with Crippen molar-refractivity contribution in [1.82, 2.24) is 0 Å². The summed E-state index contributed by atoms with van der Waals surface area (Å²) in [6.45, 7) is 7.83. The van der Waals surface area contributed by atoms with Crippen LogP contribution in [0.2, 0.25) is 0 Å². The van der Waals surface area contributed by atoms with Gasteiger partial charge in [0.2, 0.25) is 5.91 Å². The molecule has 1 rings (SSSR count). The molecule has 0 bridgehead atoms. The Morgan fingerprint density at radius 2 is 1.95 bits per heavy atom. The first kappa shape index (κ1) is 15.5. The summed E-state index contributed by atoms with van der Waals surface area (Å²) in [6.07, 6.45) is 0.348. The number of nitrogens with two attached hydrogens (primary N) is 1. The van der Waals surface area contributed by atoms with Gasteiger partial charge in [-0.25, -0.2) is 0 Å². The topological polar surface area (TPSA) is 55.6 Å². The van der Waals surface area contributed by atoms with Gasteiger partial charge < -0.3 is 15.4 Å². The fourth-order valence-electron chi connectivity index (χ4n) is 2.30. The van der Waals surface area contributed by atoms with Crippen molar-refractivity contribution in [1.29, 1.82) is 0 Å². The molecule has 0 saturated carbocycles. The van der Waals surface area contributed by atoms with Crippen LogP contribution in [0.25, 0.3) is 0 Å². The van der Waals surface area contributed by atoms with Crippen LogP contribution in [-0.4, -0.2) is 26.1 Å². The molecule has 0 aliphatic carbocycles. The number of ether oxygens (including phenoxy) is 1. The first-order valence-electron chi connectivity index (χ1n) is 6.46. The predicted molar refractivity (Wildman–Crippen MR) is 78.9 cm³/mol. The van der Waals surface area contributed by atoms with Crippen molar-refractivity contribution in [3.05, 3.63) is 22.8 Å². The first-order valence-corrected chi connectivity index (χ1v) is 6.46. The summed E-state index contributed by atoms with van der Waals surface area (Å²) < 4.78 is 5.34. The molecule has 1 atom stereocenters. The lowest BCUT2D eigenvalue weighted by atomic mass is 10.0. The van der Waals surface area contributed by atoms with Crippen LogP contribution in [0.1, 0.15) is 30.0 Å². The predicted octanol–water partition coefficient (Wildman–Crippen LogP) is 2.32. The molecule has 0 radical (unpaired) electrons. The van der Waals surface area contributed by atoms with Crippen molar-refractivity contribution >= 4 is 11.6 Å². The zero-order valence-corrected chi connectivity index (χ0v) is 12.7. The number of anilines is 1. The van der Waals surface area contributed by atoms with Gasteiger partial charge in [-0.1, -0.05) is 0 Å². The van der Waals surface area contributed by atoms with Crippen LogP contribution < -0.4 is 15.4 Å².